The van der Waals surface area contributed by atoms with Crippen molar-refractivity contribution >= 4 is 17.4 Å². The Morgan fingerprint density at radius 2 is 2.03 bits per heavy atom. The van der Waals surface area contributed by atoms with Gasteiger partial charge in [-0.05, 0) is 6.07 Å². The van der Waals surface area contributed by atoms with Gasteiger partial charge in [-0.1, -0.05) is 11.8 Å². The second kappa shape index (κ2) is 9.52. The summed E-state index contributed by atoms with van der Waals surface area (Å²) < 4.78 is 0. The number of nitro benzene ring substituents is 1. The van der Waals surface area contributed by atoms with Crippen LogP contribution >= 0.6 is 0 Å². The largest absolute Gasteiger partial charge is 0.506 e. The van der Waals surface area contributed by atoms with E-state index >= 15 is 0 Å². The lowest BCUT2D eigenvalue weighted by Gasteiger charge is -2.14. The minimum absolute atomic E-state index is 0.0709. The molecule has 0 spiro atoms. The van der Waals surface area contributed by atoms with Crippen LogP contribution in [-0.4, -0.2) is 54.6 Å². The summed E-state index contributed by atoms with van der Waals surface area (Å²) in [4.78, 5) is 31.4. The van der Waals surface area contributed by atoms with Gasteiger partial charge in [0, 0.05) is 37.3 Å². The SMILES string of the molecule is CN(CC#CCc1cnccn1)C(=O)/C(C#N)=C(\O)c1cc(O)c(O)c([N+](=O)[O-])c1. The molecule has 1 amide bonds. The molecule has 30 heavy (non-hydrogen) atoms. The average molecular weight is 409 g/mol. The number of likely N-dealkylation sites (N-methyl/N-ethyl adjacent to an activating group) is 1. The number of aliphatic hydroxyl groups excluding tert-OH is 1. The van der Waals surface area contributed by atoms with E-state index in [1.807, 2.05) is 0 Å². The van der Waals surface area contributed by atoms with Crippen molar-refractivity contribution in [3.63, 3.8) is 0 Å². The van der Waals surface area contributed by atoms with E-state index in [1.54, 1.807) is 6.20 Å². The predicted molar refractivity (Wildman–Crippen MR) is 103 cm³/mol. The van der Waals surface area contributed by atoms with Crippen molar-refractivity contribution in [3.8, 4) is 29.4 Å². The number of nitro groups is 1. The molecule has 11 nitrogen and oxygen atoms in total. The molecule has 152 valence electrons. The monoisotopic (exact) mass is 409 g/mol. The first-order chi connectivity index (χ1) is 14.3. The van der Waals surface area contributed by atoms with Gasteiger partial charge in [-0.3, -0.25) is 24.9 Å². The molecule has 1 aromatic carbocycles. The van der Waals surface area contributed by atoms with Crippen LogP contribution in [0, 0.1) is 33.3 Å². The highest BCUT2D eigenvalue weighted by molar-refractivity contribution is 6.03. The van der Waals surface area contributed by atoms with Crippen LogP contribution in [0.4, 0.5) is 5.69 Å². The molecule has 0 aliphatic rings. The number of aromatic hydroxyl groups is 2. The second-order valence-electron chi connectivity index (χ2n) is 5.84. The molecule has 0 radical (unpaired) electrons. The second-order valence-corrected chi connectivity index (χ2v) is 5.84. The minimum atomic E-state index is -1.00. The summed E-state index contributed by atoms with van der Waals surface area (Å²) in [5.74, 6) is 1.85. The molecule has 0 fully saturated rings. The molecule has 3 N–H and O–H groups in total. The third-order valence-corrected chi connectivity index (χ3v) is 3.78. The van der Waals surface area contributed by atoms with E-state index < -0.39 is 39.3 Å². The Hall–Kier alpha value is -4.64. The summed E-state index contributed by atoms with van der Waals surface area (Å²) in [5, 5.41) is 49.7. The first-order valence-electron chi connectivity index (χ1n) is 8.26. The number of benzene rings is 1. The summed E-state index contributed by atoms with van der Waals surface area (Å²) in [6.07, 6.45) is 4.89. The fourth-order valence-electron chi connectivity index (χ4n) is 2.24. The van der Waals surface area contributed by atoms with Gasteiger partial charge in [0.2, 0.25) is 5.75 Å². The number of nitriles is 1. The van der Waals surface area contributed by atoms with Crippen LogP contribution in [0.2, 0.25) is 0 Å². The number of aromatic nitrogens is 2. The molecular weight excluding hydrogens is 394 g/mol. The maximum atomic E-state index is 12.5. The Bertz CT molecular complexity index is 1110. The highest BCUT2D eigenvalue weighted by atomic mass is 16.6. The Morgan fingerprint density at radius 3 is 2.63 bits per heavy atom. The third-order valence-electron chi connectivity index (χ3n) is 3.78. The van der Waals surface area contributed by atoms with Crippen LogP contribution in [0.5, 0.6) is 11.5 Å². The molecule has 0 unspecified atom stereocenters. The van der Waals surface area contributed by atoms with Crippen LogP contribution < -0.4 is 0 Å². The van der Waals surface area contributed by atoms with Crippen LogP contribution in [-0.2, 0) is 11.2 Å². The maximum Gasteiger partial charge on any atom is 0.315 e. The first-order valence-corrected chi connectivity index (χ1v) is 8.26. The van der Waals surface area contributed by atoms with Gasteiger partial charge >= 0.3 is 5.69 Å². The fraction of sp³-hybridized carbons (Fsp3) is 0.158. The Morgan fingerprint density at radius 1 is 1.30 bits per heavy atom. The van der Waals surface area contributed by atoms with Crippen molar-refractivity contribution < 1.29 is 25.0 Å². The molecule has 1 aromatic heterocycles. The maximum absolute atomic E-state index is 12.5. The molecule has 0 bridgehead atoms. The number of carbonyl (C=O) groups excluding carboxylic acids is 1. The van der Waals surface area contributed by atoms with Crippen molar-refractivity contribution in [2.75, 3.05) is 13.6 Å². The van der Waals surface area contributed by atoms with Gasteiger partial charge < -0.3 is 20.2 Å². The van der Waals surface area contributed by atoms with Crippen molar-refractivity contribution in [2.24, 2.45) is 0 Å². The lowest BCUT2D eigenvalue weighted by atomic mass is 10.1. The van der Waals surface area contributed by atoms with Gasteiger partial charge in [-0.25, -0.2) is 0 Å². The van der Waals surface area contributed by atoms with Crippen LogP contribution in [0.25, 0.3) is 5.76 Å². The van der Waals surface area contributed by atoms with Gasteiger partial charge in [-0.15, -0.1) is 0 Å². The standard InChI is InChI=1S/C19H15N5O6/c1-23(7-3-2-4-13-11-21-5-6-22-13)19(28)14(10-20)17(26)12-8-15(24(29)30)18(27)16(25)9-12/h5-6,8-9,11,25-27H,4,7H2,1H3/b17-14-. The van der Waals surface area contributed by atoms with E-state index in [0.717, 1.165) is 17.0 Å². The van der Waals surface area contributed by atoms with Crippen molar-refractivity contribution in [2.45, 2.75) is 6.42 Å². The van der Waals surface area contributed by atoms with E-state index in [2.05, 4.69) is 21.8 Å². The first kappa shape index (κ1) is 21.7. The molecule has 0 saturated carbocycles. The van der Waals surface area contributed by atoms with Gasteiger partial charge in [0.1, 0.15) is 11.8 Å². The molecule has 0 atom stereocenters. The van der Waals surface area contributed by atoms with E-state index in [-0.39, 0.29) is 12.1 Å². The fourth-order valence-corrected chi connectivity index (χ4v) is 2.24. The minimum Gasteiger partial charge on any atom is -0.506 e. The van der Waals surface area contributed by atoms with E-state index in [1.165, 1.54) is 25.5 Å². The number of phenols is 2. The number of phenolic OH excluding ortho intramolecular Hbond substituents is 2. The highest BCUT2D eigenvalue weighted by Crippen LogP contribution is 2.38. The lowest BCUT2D eigenvalue weighted by molar-refractivity contribution is -0.386. The van der Waals surface area contributed by atoms with Gasteiger partial charge in [-0.2, -0.15) is 5.26 Å². The summed E-state index contributed by atoms with van der Waals surface area (Å²) >= 11 is 0. The highest BCUT2D eigenvalue weighted by Gasteiger charge is 2.24. The summed E-state index contributed by atoms with van der Waals surface area (Å²) in [6.45, 7) is -0.0709. The zero-order valence-corrected chi connectivity index (χ0v) is 15.6. The molecule has 1 heterocycles. The zero-order valence-electron chi connectivity index (χ0n) is 15.6. The smallest absolute Gasteiger partial charge is 0.315 e. The summed E-state index contributed by atoms with van der Waals surface area (Å²) in [7, 11) is 1.35. The number of hydrogen-bond donors (Lipinski definition) is 3. The van der Waals surface area contributed by atoms with Crippen LogP contribution in [0.3, 0.4) is 0 Å². The van der Waals surface area contributed by atoms with E-state index in [9.17, 15) is 35.5 Å². The number of carbonyl (C=O) groups is 1. The number of aliphatic hydroxyl groups is 1. The topological polar surface area (TPSA) is 174 Å². The third kappa shape index (κ3) is 4.99. The Labute approximate surface area is 170 Å². The zero-order chi connectivity index (χ0) is 22.3. The lowest BCUT2D eigenvalue weighted by Crippen LogP contribution is -2.28. The van der Waals surface area contributed by atoms with Gasteiger partial charge in [0.05, 0.1) is 23.6 Å². The van der Waals surface area contributed by atoms with E-state index in [4.69, 9.17) is 0 Å². The van der Waals surface area contributed by atoms with Gasteiger partial charge in [0.25, 0.3) is 5.91 Å². The quantitative estimate of drug-likeness (QED) is 0.125. The van der Waals surface area contributed by atoms with Crippen molar-refractivity contribution in [3.05, 3.63) is 57.7 Å². The Kier molecular flexibility index (Phi) is 6.88. The normalized spacial score (nSPS) is 10.8. The van der Waals surface area contributed by atoms with E-state index in [0.29, 0.717) is 12.1 Å². The molecule has 0 aliphatic heterocycles. The summed E-state index contributed by atoms with van der Waals surface area (Å²) in [6, 6.07) is 3.06. The van der Waals surface area contributed by atoms with Crippen LogP contribution in [0.1, 0.15) is 11.3 Å². The van der Waals surface area contributed by atoms with Crippen molar-refractivity contribution in [1.29, 1.82) is 5.26 Å². The van der Waals surface area contributed by atoms with Gasteiger partial charge in [0.15, 0.2) is 11.3 Å². The number of nitrogens with zero attached hydrogens (tertiary/aromatic N) is 5. The molecular formula is C19H15N5O6. The number of amides is 1. The van der Waals surface area contributed by atoms with Crippen LogP contribution in [0.15, 0.2) is 36.3 Å². The number of hydrogen-bond acceptors (Lipinski definition) is 9. The summed E-state index contributed by atoms with van der Waals surface area (Å²) in [5.41, 5.74) is -1.36. The Balaban J connectivity index is 2.23. The predicted octanol–water partition coefficient (Wildman–Crippen LogP) is 1.29. The molecule has 2 rings (SSSR count). The molecule has 0 aliphatic carbocycles. The average Bonchev–Trinajstić information content (AvgIpc) is 2.73. The molecule has 2 aromatic rings. The molecule has 11 heteroatoms. The van der Waals surface area contributed by atoms with Crippen molar-refractivity contribution in [1.82, 2.24) is 14.9 Å². The molecule has 0 saturated heterocycles. The number of rotatable bonds is 5.